The van der Waals surface area contributed by atoms with Gasteiger partial charge in [0.25, 0.3) is 0 Å². The van der Waals surface area contributed by atoms with Gasteiger partial charge in [-0.2, -0.15) is 0 Å². The van der Waals surface area contributed by atoms with Crippen LogP contribution in [0.1, 0.15) is 19.4 Å². The number of alkyl halides is 1. The van der Waals surface area contributed by atoms with Crippen molar-refractivity contribution in [2.45, 2.75) is 20.8 Å². The Hall–Kier alpha value is -0.570. The van der Waals surface area contributed by atoms with Gasteiger partial charge in [0.15, 0.2) is 11.6 Å². The average Bonchev–Trinajstić information content (AvgIpc) is 2.20. The molecule has 0 aliphatic rings. The number of benzene rings is 1. The molecule has 0 amide bonds. The van der Waals surface area contributed by atoms with E-state index in [-0.39, 0.29) is 11.2 Å². The summed E-state index contributed by atoms with van der Waals surface area (Å²) >= 11 is 3.40. The molecule has 0 unspecified atom stereocenters. The number of aryl methyl sites for hydroxylation is 1. The van der Waals surface area contributed by atoms with Crippen LogP contribution in [0.4, 0.5) is 4.39 Å². The molecule has 0 saturated carbocycles. The van der Waals surface area contributed by atoms with Crippen LogP contribution in [0.25, 0.3) is 0 Å². The molecular weight excluding hydrogens is 259 g/mol. The summed E-state index contributed by atoms with van der Waals surface area (Å²) in [5.74, 6) is 0.0758. The summed E-state index contributed by atoms with van der Waals surface area (Å²) in [7, 11) is 0. The van der Waals surface area contributed by atoms with Crippen LogP contribution in [0.5, 0.6) is 5.75 Å². The van der Waals surface area contributed by atoms with E-state index in [1.54, 1.807) is 25.1 Å². The first kappa shape index (κ1) is 12.5. The van der Waals surface area contributed by atoms with Gasteiger partial charge in [-0.05, 0) is 18.6 Å². The Morgan fingerprint density at radius 3 is 2.67 bits per heavy atom. The Morgan fingerprint density at radius 1 is 1.40 bits per heavy atom. The molecule has 84 valence electrons. The maximum Gasteiger partial charge on any atom is 0.167 e. The number of hydrogen-bond donors (Lipinski definition) is 0. The number of ether oxygens (including phenoxy) is 1. The minimum Gasteiger partial charge on any atom is -0.490 e. The van der Waals surface area contributed by atoms with Crippen molar-refractivity contribution >= 4 is 15.9 Å². The molecule has 0 N–H and O–H groups in total. The zero-order chi connectivity index (χ0) is 11.5. The Morgan fingerprint density at radius 2 is 2.07 bits per heavy atom. The van der Waals surface area contributed by atoms with Crippen LogP contribution in [0.3, 0.4) is 0 Å². The Kier molecular flexibility index (Phi) is 4.14. The summed E-state index contributed by atoms with van der Waals surface area (Å²) in [6, 6.07) is 5.19. The molecule has 0 heterocycles. The molecule has 3 heteroatoms. The fourth-order valence-electron chi connectivity index (χ4n) is 1.04. The minimum absolute atomic E-state index is 0.0101. The normalized spacial score (nSPS) is 11.5. The van der Waals surface area contributed by atoms with Crippen molar-refractivity contribution < 1.29 is 9.13 Å². The van der Waals surface area contributed by atoms with E-state index in [1.165, 1.54) is 0 Å². The van der Waals surface area contributed by atoms with Crippen molar-refractivity contribution in [3.8, 4) is 5.75 Å². The molecule has 0 atom stereocenters. The highest BCUT2D eigenvalue weighted by molar-refractivity contribution is 9.09. The highest BCUT2D eigenvalue weighted by Gasteiger charge is 2.18. The van der Waals surface area contributed by atoms with Crippen LogP contribution < -0.4 is 4.74 Å². The third-order valence-corrected chi connectivity index (χ3v) is 3.65. The molecule has 15 heavy (non-hydrogen) atoms. The summed E-state index contributed by atoms with van der Waals surface area (Å²) in [4.78, 5) is 0. The van der Waals surface area contributed by atoms with Crippen molar-refractivity contribution in [3.63, 3.8) is 0 Å². The average molecular weight is 275 g/mol. The second kappa shape index (κ2) is 4.97. The van der Waals surface area contributed by atoms with Gasteiger partial charge in [0.05, 0.1) is 6.61 Å². The lowest BCUT2D eigenvalue weighted by molar-refractivity contribution is 0.196. The van der Waals surface area contributed by atoms with Crippen molar-refractivity contribution in [1.82, 2.24) is 0 Å². The molecule has 1 aromatic rings. The van der Waals surface area contributed by atoms with Crippen molar-refractivity contribution in [2.24, 2.45) is 5.41 Å². The van der Waals surface area contributed by atoms with Gasteiger partial charge in [-0.1, -0.05) is 41.9 Å². The number of halogens is 2. The molecule has 0 aromatic heterocycles. The lowest BCUT2D eigenvalue weighted by Gasteiger charge is -2.22. The smallest absolute Gasteiger partial charge is 0.167 e. The lowest BCUT2D eigenvalue weighted by atomic mass is 9.98. The summed E-state index contributed by atoms with van der Waals surface area (Å²) < 4.78 is 19.0. The highest BCUT2D eigenvalue weighted by atomic mass is 79.9. The zero-order valence-electron chi connectivity index (χ0n) is 9.31. The maximum absolute atomic E-state index is 13.5. The predicted octanol–water partition coefficient (Wildman–Crippen LogP) is 3.93. The standard InChI is InChI=1S/C12H16BrFO/c1-9-5-4-6-10(11(9)14)15-8-12(2,3)7-13/h4-6H,7-8H2,1-3H3. The minimum atomic E-state index is -0.261. The van der Waals surface area contributed by atoms with Gasteiger partial charge in [-0.3, -0.25) is 0 Å². The Bertz CT molecular complexity index is 336. The van der Waals surface area contributed by atoms with Crippen LogP contribution >= 0.6 is 15.9 Å². The SMILES string of the molecule is Cc1cccc(OCC(C)(C)CBr)c1F. The second-order valence-electron chi connectivity index (χ2n) is 4.47. The molecule has 0 aliphatic heterocycles. The molecule has 0 saturated heterocycles. The highest BCUT2D eigenvalue weighted by Crippen LogP contribution is 2.24. The van der Waals surface area contributed by atoms with Gasteiger partial charge < -0.3 is 4.74 Å². The third kappa shape index (κ3) is 3.49. The van der Waals surface area contributed by atoms with E-state index in [2.05, 4.69) is 29.8 Å². The van der Waals surface area contributed by atoms with Gasteiger partial charge in [-0.15, -0.1) is 0 Å². The maximum atomic E-state index is 13.5. The Balaban J connectivity index is 2.70. The fourth-order valence-corrected chi connectivity index (χ4v) is 1.21. The Labute approximate surface area is 98.8 Å². The van der Waals surface area contributed by atoms with Crippen molar-refractivity contribution in [3.05, 3.63) is 29.6 Å². The van der Waals surface area contributed by atoms with E-state index >= 15 is 0 Å². The van der Waals surface area contributed by atoms with E-state index in [4.69, 9.17) is 4.74 Å². The monoisotopic (exact) mass is 274 g/mol. The first-order valence-corrected chi connectivity index (χ1v) is 6.02. The second-order valence-corrected chi connectivity index (χ2v) is 5.03. The van der Waals surface area contributed by atoms with Crippen LogP contribution in [0.15, 0.2) is 18.2 Å². The van der Waals surface area contributed by atoms with Gasteiger partial charge in [-0.25, -0.2) is 4.39 Å². The van der Waals surface area contributed by atoms with E-state index < -0.39 is 0 Å². The fraction of sp³-hybridized carbons (Fsp3) is 0.500. The molecule has 1 nitrogen and oxygen atoms in total. The number of rotatable bonds is 4. The van der Waals surface area contributed by atoms with E-state index in [0.717, 1.165) is 5.33 Å². The molecule has 0 bridgehead atoms. The quantitative estimate of drug-likeness (QED) is 0.756. The van der Waals surface area contributed by atoms with Crippen molar-refractivity contribution in [2.75, 3.05) is 11.9 Å². The van der Waals surface area contributed by atoms with E-state index in [1.807, 2.05) is 0 Å². The zero-order valence-corrected chi connectivity index (χ0v) is 10.9. The molecule has 0 fully saturated rings. The van der Waals surface area contributed by atoms with Gasteiger partial charge in [0.2, 0.25) is 0 Å². The molecular formula is C12H16BrFO. The van der Waals surface area contributed by atoms with Crippen LogP contribution in [0, 0.1) is 18.2 Å². The molecule has 0 spiro atoms. The van der Waals surface area contributed by atoms with Crippen molar-refractivity contribution in [1.29, 1.82) is 0 Å². The lowest BCUT2D eigenvalue weighted by Crippen LogP contribution is -2.23. The van der Waals surface area contributed by atoms with E-state index in [9.17, 15) is 4.39 Å². The van der Waals surface area contributed by atoms with Crippen LogP contribution in [-0.2, 0) is 0 Å². The first-order valence-electron chi connectivity index (χ1n) is 4.90. The summed E-state index contributed by atoms with van der Waals surface area (Å²) in [6.45, 7) is 6.36. The molecule has 0 radical (unpaired) electrons. The largest absolute Gasteiger partial charge is 0.490 e. The van der Waals surface area contributed by atoms with Crippen LogP contribution in [-0.4, -0.2) is 11.9 Å². The molecule has 1 rings (SSSR count). The topological polar surface area (TPSA) is 9.23 Å². The predicted molar refractivity (Wildman–Crippen MR) is 64.2 cm³/mol. The number of hydrogen-bond acceptors (Lipinski definition) is 1. The third-order valence-electron chi connectivity index (χ3n) is 2.14. The molecule has 1 aromatic carbocycles. The summed E-state index contributed by atoms with van der Waals surface area (Å²) in [6.07, 6.45) is 0. The summed E-state index contributed by atoms with van der Waals surface area (Å²) in [5.41, 5.74) is 0.625. The first-order chi connectivity index (χ1) is 6.96. The summed E-state index contributed by atoms with van der Waals surface area (Å²) in [5, 5.41) is 0.827. The van der Waals surface area contributed by atoms with Gasteiger partial charge in [0, 0.05) is 10.7 Å². The van der Waals surface area contributed by atoms with Gasteiger partial charge >= 0.3 is 0 Å². The van der Waals surface area contributed by atoms with Gasteiger partial charge in [0.1, 0.15) is 0 Å². The van der Waals surface area contributed by atoms with E-state index in [0.29, 0.717) is 17.9 Å². The van der Waals surface area contributed by atoms with Crippen LogP contribution in [0.2, 0.25) is 0 Å². The molecule has 0 aliphatic carbocycles.